The Morgan fingerprint density at radius 1 is 0.667 bits per heavy atom. The topological polar surface area (TPSA) is 64.7 Å². The molecule has 2 rings (SSSR count). The van der Waals surface area contributed by atoms with Crippen LogP contribution in [0.5, 0.6) is 0 Å². The Bertz CT molecular complexity index is 854. The molecule has 0 aliphatic heterocycles. The highest BCUT2D eigenvalue weighted by Crippen LogP contribution is 2.29. The molecule has 0 aliphatic carbocycles. The standard InChI is InChI=1S/C24H28N4O2/c1-5-15-27(16-6-2)23(29)25-21-13-9-12-20-19(21)11-10-14-22(20)26-24(30)28(17-7-3)18-8-4/h5-14H,1-4,15-18H2,(H,25,29)(H,26,30). The molecule has 2 N–H and O–H groups in total. The second-order valence-electron chi connectivity index (χ2n) is 6.53. The first-order valence-corrected chi connectivity index (χ1v) is 9.62. The van der Waals surface area contributed by atoms with Crippen molar-refractivity contribution in [3.05, 3.63) is 87.0 Å². The van der Waals surface area contributed by atoms with E-state index >= 15 is 0 Å². The molecular weight excluding hydrogens is 376 g/mol. The molecule has 4 amide bonds. The van der Waals surface area contributed by atoms with E-state index in [-0.39, 0.29) is 12.1 Å². The second-order valence-corrected chi connectivity index (χ2v) is 6.53. The molecule has 30 heavy (non-hydrogen) atoms. The Balaban J connectivity index is 2.31. The number of amides is 4. The molecule has 0 heterocycles. The molecule has 0 spiro atoms. The number of urea groups is 2. The lowest BCUT2D eigenvalue weighted by Gasteiger charge is -2.22. The summed E-state index contributed by atoms with van der Waals surface area (Å²) in [6.07, 6.45) is 6.66. The molecule has 156 valence electrons. The lowest BCUT2D eigenvalue weighted by atomic mass is 10.1. The lowest BCUT2D eigenvalue weighted by molar-refractivity contribution is 0.221. The number of hydrogen-bond donors (Lipinski definition) is 2. The van der Waals surface area contributed by atoms with E-state index in [9.17, 15) is 9.59 Å². The zero-order valence-electron chi connectivity index (χ0n) is 17.1. The fraction of sp³-hybridized carbons (Fsp3) is 0.167. The molecule has 0 fully saturated rings. The van der Waals surface area contributed by atoms with E-state index in [1.165, 1.54) is 0 Å². The predicted octanol–water partition coefficient (Wildman–Crippen LogP) is 5.25. The molecule has 2 aromatic rings. The lowest BCUT2D eigenvalue weighted by Crippen LogP contribution is -2.35. The number of rotatable bonds is 10. The van der Waals surface area contributed by atoms with Gasteiger partial charge in [-0.15, -0.1) is 26.3 Å². The number of benzene rings is 2. The monoisotopic (exact) mass is 404 g/mol. The molecule has 0 bridgehead atoms. The molecule has 2 aromatic carbocycles. The van der Waals surface area contributed by atoms with Crippen LogP contribution >= 0.6 is 0 Å². The molecule has 0 unspecified atom stereocenters. The van der Waals surface area contributed by atoms with Gasteiger partial charge in [-0.2, -0.15) is 0 Å². The van der Waals surface area contributed by atoms with E-state index < -0.39 is 0 Å². The maximum absolute atomic E-state index is 12.7. The number of carbonyl (C=O) groups is 2. The minimum atomic E-state index is -0.250. The SMILES string of the molecule is C=CCN(CC=C)C(=O)Nc1cccc2c(NC(=O)N(CC=C)CC=C)cccc12. The summed E-state index contributed by atoms with van der Waals surface area (Å²) in [4.78, 5) is 28.5. The van der Waals surface area contributed by atoms with Gasteiger partial charge in [-0.05, 0) is 12.1 Å². The molecular formula is C24H28N4O2. The first-order chi connectivity index (χ1) is 14.5. The normalized spacial score (nSPS) is 10.0. The molecule has 0 aliphatic rings. The molecule has 0 aromatic heterocycles. The molecule has 6 nitrogen and oxygen atoms in total. The van der Waals surface area contributed by atoms with Crippen LogP contribution in [0, 0.1) is 0 Å². The van der Waals surface area contributed by atoms with Crippen LogP contribution in [-0.4, -0.2) is 48.0 Å². The van der Waals surface area contributed by atoms with Gasteiger partial charge in [0.25, 0.3) is 0 Å². The van der Waals surface area contributed by atoms with E-state index in [0.717, 1.165) is 10.8 Å². The van der Waals surface area contributed by atoms with Crippen molar-refractivity contribution >= 4 is 34.2 Å². The third-order valence-electron chi connectivity index (χ3n) is 4.38. The molecule has 0 radical (unpaired) electrons. The van der Waals surface area contributed by atoms with Crippen LogP contribution in [0.4, 0.5) is 21.0 Å². The van der Waals surface area contributed by atoms with Crippen LogP contribution in [0.2, 0.25) is 0 Å². The molecule has 0 atom stereocenters. The Kier molecular flexibility index (Phi) is 8.44. The van der Waals surface area contributed by atoms with Crippen LogP contribution in [0.3, 0.4) is 0 Å². The van der Waals surface area contributed by atoms with Gasteiger partial charge in [-0.25, -0.2) is 9.59 Å². The van der Waals surface area contributed by atoms with Gasteiger partial charge >= 0.3 is 12.1 Å². The first kappa shape index (κ1) is 22.5. The predicted molar refractivity (Wildman–Crippen MR) is 126 cm³/mol. The van der Waals surface area contributed by atoms with Gasteiger partial charge in [0, 0.05) is 37.0 Å². The van der Waals surface area contributed by atoms with E-state index in [0.29, 0.717) is 37.6 Å². The van der Waals surface area contributed by atoms with Crippen molar-refractivity contribution in [2.45, 2.75) is 0 Å². The van der Waals surface area contributed by atoms with Crippen molar-refractivity contribution in [3.8, 4) is 0 Å². The minimum absolute atomic E-state index is 0.250. The highest BCUT2D eigenvalue weighted by molar-refractivity contribution is 6.08. The summed E-state index contributed by atoms with van der Waals surface area (Å²) in [5.41, 5.74) is 1.31. The van der Waals surface area contributed by atoms with Crippen LogP contribution in [0.15, 0.2) is 87.0 Å². The van der Waals surface area contributed by atoms with Gasteiger partial charge < -0.3 is 20.4 Å². The zero-order valence-corrected chi connectivity index (χ0v) is 17.1. The van der Waals surface area contributed by atoms with Crippen molar-refractivity contribution < 1.29 is 9.59 Å². The van der Waals surface area contributed by atoms with Crippen LogP contribution in [0.25, 0.3) is 10.8 Å². The Hall–Kier alpha value is -3.80. The highest BCUT2D eigenvalue weighted by Gasteiger charge is 2.15. The Morgan fingerprint density at radius 3 is 1.30 bits per heavy atom. The molecule has 0 saturated heterocycles. The molecule has 6 heteroatoms. The first-order valence-electron chi connectivity index (χ1n) is 9.62. The maximum Gasteiger partial charge on any atom is 0.322 e. The highest BCUT2D eigenvalue weighted by atomic mass is 16.2. The average molecular weight is 405 g/mol. The Morgan fingerprint density at radius 2 is 1.00 bits per heavy atom. The van der Waals surface area contributed by atoms with Gasteiger partial charge in [0.05, 0.1) is 11.4 Å². The number of hydrogen-bond acceptors (Lipinski definition) is 2. The van der Waals surface area contributed by atoms with Gasteiger partial charge in [-0.1, -0.05) is 48.6 Å². The van der Waals surface area contributed by atoms with Crippen molar-refractivity contribution in [3.63, 3.8) is 0 Å². The van der Waals surface area contributed by atoms with Crippen molar-refractivity contribution in [1.82, 2.24) is 9.80 Å². The van der Waals surface area contributed by atoms with Crippen LogP contribution in [0.1, 0.15) is 0 Å². The largest absolute Gasteiger partial charge is 0.322 e. The minimum Gasteiger partial charge on any atom is -0.317 e. The number of carbonyl (C=O) groups excluding carboxylic acids is 2. The summed E-state index contributed by atoms with van der Waals surface area (Å²) in [7, 11) is 0. The van der Waals surface area contributed by atoms with Crippen molar-refractivity contribution in [2.75, 3.05) is 36.8 Å². The number of nitrogens with one attached hydrogen (secondary N) is 2. The number of anilines is 2. The van der Waals surface area contributed by atoms with Gasteiger partial charge in [0.2, 0.25) is 0 Å². The van der Waals surface area contributed by atoms with Crippen LogP contribution < -0.4 is 10.6 Å². The van der Waals surface area contributed by atoms with Gasteiger partial charge in [-0.3, -0.25) is 0 Å². The zero-order chi connectivity index (χ0) is 21.9. The van der Waals surface area contributed by atoms with Crippen molar-refractivity contribution in [2.24, 2.45) is 0 Å². The third-order valence-corrected chi connectivity index (χ3v) is 4.38. The summed E-state index contributed by atoms with van der Waals surface area (Å²) in [6.45, 7) is 16.4. The van der Waals surface area contributed by atoms with E-state index in [1.807, 2.05) is 36.4 Å². The second kappa shape index (κ2) is 11.3. The maximum atomic E-state index is 12.7. The Labute approximate surface area is 177 Å². The van der Waals surface area contributed by atoms with E-state index in [1.54, 1.807) is 34.1 Å². The average Bonchev–Trinajstić information content (AvgIpc) is 2.74. The van der Waals surface area contributed by atoms with E-state index in [4.69, 9.17) is 0 Å². The summed E-state index contributed by atoms with van der Waals surface area (Å²) < 4.78 is 0. The van der Waals surface area contributed by atoms with Crippen molar-refractivity contribution in [1.29, 1.82) is 0 Å². The van der Waals surface area contributed by atoms with Gasteiger partial charge in [0.1, 0.15) is 0 Å². The summed E-state index contributed by atoms with van der Waals surface area (Å²) in [5.74, 6) is 0. The smallest absolute Gasteiger partial charge is 0.317 e. The number of fused-ring (bicyclic) bond motifs is 1. The van der Waals surface area contributed by atoms with Gasteiger partial charge in [0.15, 0.2) is 0 Å². The fourth-order valence-corrected chi connectivity index (χ4v) is 3.02. The van der Waals surface area contributed by atoms with E-state index in [2.05, 4.69) is 36.9 Å². The van der Waals surface area contributed by atoms with Crippen LogP contribution in [-0.2, 0) is 0 Å². The number of nitrogens with zero attached hydrogens (tertiary/aromatic N) is 2. The quantitative estimate of drug-likeness (QED) is 0.531. The summed E-state index contributed by atoms with van der Waals surface area (Å²) >= 11 is 0. The molecule has 0 saturated carbocycles. The fourth-order valence-electron chi connectivity index (χ4n) is 3.02. The summed E-state index contributed by atoms with van der Waals surface area (Å²) in [5, 5.41) is 7.52. The third kappa shape index (κ3) is 5.61. The summed E-state index contributed by atoms with van der Waals surface area (Å²) in [6, 6.07) is 10.6.